The van der Waals surface area contributed by atoms with Crippen molar-refractivity contribution >= 4 is 38.3 Å². The molecular formula is C16H17N5O3S2. The number of aryl methyl sites for hydroxylation is 1. The first-order chi connectivity index (χ1) is 12.5. The monoisotopic (exact) mass is 391 g/mol. The van der Waals surface area contributed by atoms with Crippen LogP contribution in [0.5, 0.6) is 0 Å². The van der Waals surface area contributed by atoms with Crippen LogP contribution in [0.4, 0.5) is 0 Å². The molecule has 0 aliphatic carbocycles. The van der Waals surface area contributed by atoms with Gasteiger partial charge in [-0.3, -0.25) is 4.79 Å². The first-order valence-corrected chi connectivity index (χ1v) is 10.4. The predicted molar refractivity (Wildman–Crippen MR) is 97.6 cm³/mol. The summed E-state index contributed by atoms with van der Waals surface area (Å²) in [6, 6.07) is 3.45. The van der Waals surface area contributed by atoms with Crippen LogP contribution in [-0.2, 0) is 10.0 Å². The molecule has 0 spiro atoms. The Hall–Kier alpha value is -2.30. The van der Waals surface area contributed by atoms with Gasteiger partial charge in [-0.1, -0.05) is 0 Å². The first kappa shape index (κ1) is 17.1. The summed E-state index contributed by atoms with van der Waals surface area (Å²) in [6.07, 6.45) is 3.09. The van der Waals surface area contributed by atoms with Gasteiger partial charge in [-0.2, -0.15) is 4.31 Å². The molecule has 1 aliphatic rings. The zero-order valence-corrected chi connectivity index (χ0v) is 15.7. The van der Waals surface area contributed by atoms with E-state index in [4.69, 9.17) is 0 Å². The molecule has 8 nitrogen and oxygen atoms in total. The Morgan fingerprint density at radius 2 is 2.00 bits per heavy atom. The lowest BCUT2D eigenvalue weighted by Gasteiger charge is -2.33. The lowest BCUT2D eigenvalue weighted by molar-refractivity contribution is 0.0702. The van der Waals surface area contributed by atoms with Crippen molar-refractivity contribution in [2.24, 2.45) is 0 Å². The molecule has 1 aliphatic heterocycles. The number of hydrogen-bond donors (Lipinski definition) is 1. The van der Waals surface area contributed by atoms with E-state index in [-0.39, 0.29) is 23.9 Å². The number of rotatable bonds is 3. The van der Waals surface area contributed by atoms with Gasteiger partial charge in [0.1, 0.15) is 15.4 Å². The molecule has 3 aromatic rings. The lowest BCUT2D eigenvalue weighted by Crippen LogP contribution is -2.50. The number of carbonyl (C=O) groups is 1. The first-order valence-electron chi connectivity index (χ1n) is 8.10. The molecule has 0 unspecified atom stereocenters. The molecule has 1 amide bonds. The number of aromatic amines is 1. The maximum absolute atomic E-state index is 13.0. The molecule has 4 rings (SSSR count). The van der Waals surface area contributed by atoms with E-state index in [0.29, 0.717) is 34.7 Å². The Morgan fingerprint density at radius 1 is 1.23 bits per heavy atom. The molecule has 10 heteroatoms. The van der Waals surface area contributed by atoms with Gasteiger partial charge in [0.25, 0.3) is 5.91 Å². The molecule has 4 heterocycles. The number of nitrogens with one attached hydrogen (secondary N) is 1. The highest BCUT2D eigenvalue weighted by atomic mass is 32.2. The van der Waals surface area contributed by atoms with Crippen LogP contribution < -0.4 is 0 Å². The molecule has 0 bridgehead atoms. The zero-order chi connectivity index (χ0) is 18.3. The summed E-state index contributed by atoms with van der Waals surface area (Å²) in [5.41, 5.74) is 2.90. The zero-order valence-electron chi connectivity index (χ0n) is 14.0. The number of hydrogen-bond acceptors (Lipinski definition) is 6. The van der Waals surface area contributed by atoms with Gasteiger partial charge in [0.15, 0.2) is 0 Å². The maximum Gasteiger partial charge on any atom is 0.265 e. The minimum absolute atomic E-state index is 0.0849. The molecule has 1 saturated heterocycles. The van der Waals surface area contributed by atoms with Gasteiger partial charge in [0.05, 0.1) is 11.2 Å². The normalized spacial score (nSPS) is 16.3. The second-order valence-electron chi connectivity index (χ2n) is 6.02. The number of carbonyl (C=O) groups excluding carboxylic acids is 1. The van der Waals surface area contributed by atoms with E-state index in [0.717, 1.165) is 0 Å². The van der Waals surface area contributed by atoms with Crippen LogP contribution in [0.25, 0.3) is 11.0 Å². The molecule has 136 valence electrons. The summed E-state index contributed by atoms with van der Waals surface area (Å²) >= 11 is 1.31. The minimum Gasteiger partial charge on any atom is -0.345 e. The number of nitrogens with zero attached hydrogens (tertiary/aromatic N) is 4. The Kier molecular flexibility index (Phi) is 4.25. The van der Waals surface area contributed by atoms with Crippen molar-refractivity contribution in [3.8, 4) is 0 Å². The van der Waals surface area contributed by atoms with E-state index in [1.165, 1.54) is 21.8 Å². The fourth-order valence-corrected chi connectivity index (χ4v) is 5.41. The van der Waals surface area contributed by atoms with Crippen LogP contribution in [0.3, 0.4) is 0 Å². The largest absolute Gasteiger partial charge is 0.345 e. The van der Waals surface area contributed by atoms with Gasteiger partial charge in [0.2, 0.25) is 10.0 Å². The number of piperazine rings is 1. The van der Waals surface area contributed by atoms with Crippen LogP contribution in [0.2, 0.25) is 0 Å². The van der Waals surface area contributed by atoms with Crippen molar-refractivity contribution in [3.05, 3.63) is 40.6 Å². The fraction of sp³-hybridized carbons (Fsp3) is 0.312. The molecule has 0 radical (unpaired) electrons. The highest BCUT2D eigenvalue weighted by Crippen LogP contribution is 2.25. The number of sulfonamides is 1. The van der Waals surface area contributed by atoms with Gasteiger partial charge in [-0.05, 0) is 19.1 Å². The van der Waals surface area contributed by atoms with Gasteiger partial charge in [0, 0.05) is 44.0 Å². The second kappa shape index (κ2) is 6.45. The van der Waals surface area contributed by atoms with Crippen LogP contribution >= 0.6 is 11.3 Å². The van der Waals surface area contributed by atoms with E-state index >= 15 is 0 Å². The molecule has 26 heavy (non-hydrogen) atoms. The average molecular weight is 391 g/mol. The lowest BCUT2D eigenvalue weighted by atomic mass is 10.3. The smallest absolute Gasteiger partial charge is 0.265 e. The number of H-pyrrole nitrogens is 1. The molecular weight excluding hydrogens is 374 g/mol. The number of amides is 1. The third kappa shape index (κ3) is 2.79. The molecule has 3 aromatic heterocycles. The molecule has 0 atom stereocenters. The highest BCUT2D eigenvalue weighted by Gasteiger charge is 2.32. The molecule has 1 fully saturated rings. The van der Waals surface area contributed by atoms with Gasteiger partial charge in [-0.15, -0.1) is 11.3 Å². The highest BCUT2D eigenvalue weighted by molar-refractivity contribution is 7.89. The third-order valence-electron chi connectivity index (χ3n) is 4.50. The summed E-state index contributed by atoms with van der Waals surface area (Å²) in [5.74, 6) is -0.0849. The Bertz CT molecular complexity index is 1060. The van der Waals surface area contributed by atoms with Crippen LogP contribution in [0.15, 0.2) is 34.9 Å². The summed E-state index contributed by atoms with van der Waals surface area (Å²) in [5, 5.41) is 0.575. The average Bonchev–Trinajstić information content (AvgIpc) is 3.27. The maximum atomic E-state index is 13.0. The van der Waals surface area contributed by atoms with E-state index in [1.807, 2.05) is 0 Å². The fourth-order valence-electron chi connectivity index (χ4n) is 3.07. The van der Waals surface area contributed by atoms with Crippen molar-refractivity contribution in [1.82, 2.24) is 24.2 Å². The van der Waals surface area contributed by atoms with Crippen LogP contribution in [0, 0.1) is 6.92 Å². The van der Waals surface area contributed by atoms with Gasteiger partial charge >= 0.3 is 0 Å². The summed E-state index contributed by atoms with van der Waals surface area (Å²) in [7, 11) is -3.64. The van der Waals surface area contributed by atoms with Crippen LogP contribution in [-0.4, -0.2) is 64.7 Å². The molecule has 1 N–H and O–H groups in total. The SMILES string of the molecule is Cc1ncsc1C(=O)N1CCN(S(=O)(=O)c2c[nH]c3ncccc23)CC1. The number of aromatic nitrogens is 3. The van der Waals surface area contributed by atoms with Crippen LogP contribution in [0.1, 0.15) is 15.4 Å². The van der Waals surface area contributed by atoms with Crippen molar-refractivity contribution in [2.75, 3.05) is 26.2 Å². The number of pyridine rings is 1. The third-order valence-corrected chi connectivity index (χ3v) is 7.35. The summed E-state index contributed by atoms with van der Waals surface area (Å²) in [4.78, 5) is 26.2. The number of thiazole rings is 1. The molecule has 0 aromatic carbocycles. The van der Waals surface area contributed by atoms with E-state index in [2.05, 4.69) is 15.0 Å². The van der Waals surface area contributed by atoms with Crippen molar-refractivity contribution in [3.63, 3.8) is 0 Å². The van der Waals surface area contributed by atoms with Crippen molar-refractivity contribution in [1.29, 1.82) is 0 Å². The van der Waals surface area contributed by atoms with E-state index in [9.17, 15) is 13.2 Å². The van der Waals surface area contributed by atoms with Gasteiger partial charge in [-0.25, -0.2) is 18.4 Å². The van der Waals surface area contributed by atoms with E-state index in [1.54, 1.807) is 35.7 Å². The minimum atomic E-state index is -3.64. The quantitative estimate of drug-likeness (QED) is 0.729. The topological polar surface area (TPSA) is 99.3 Å². The van der Waals surface area contributed by atoms with Crippen molar-refractivity contribution in [2.45, 2.75) is 11.8 Å². The Balaban J connectivity index is 1.52. The van der Waals surface area contributed by atoms with Crippen molar-refractivity contribution < 1.29 is 13.2 Å². The van der Waals surface area contributed by atoms with E-state index < -0.39 is 10.0 Å². The standard InChI is InChI=1S/C16H17N5O3S2/c1-11-14(25-10-19-11)16(22)20-5-7-21(8-6-20)26(23,24)13-9-18-15-12(13)3-2-4-17-15/h2-4,9-10H,5-8H2,1H3,(H,17,18). The Morgan fingerprint density at radius 3 is 2.69 bits per heavy atom. The van der Waals surface area contributed by atoms with Gasteiger partial charge < -0.3 is 9.88 Å². The summed E-state index contributed by atoms with van der Waals surface area (Å²) in [6.45, 7) is 3.04. The predicted octanol–water partition coefficient (Wildman–Crippen LogP) is 1.47. The summed E-state index contributed by atoms with van der Waals surface area (Å²) < 4.78 is 27.4. The number of fused-ring (bicyclic) bond motifs is 1. The second-order valence-corrected chi connectivity index (χ2v) is 8.78. The Labute approximate surface area is 154 Å². The molecule has 0 saturated carbocycles.